The van der Waals surface area contributed by atoms with Crippen LogP contribution in [-0.4, -0.2) is 42.2 Å². The van der Waals surface area contributed by atoms with Crippen molar-refractivity contribution in [3.63, 3.8) is 0 Å². The van der Waals surface area contributed by atoms with Crippen molar-refractivity contribution < 1.29 is 18.1 Å². The number of nitrogens with one attached hydrogen (secondary N) is 1. The number of hydrogen-bond donors (Lipinski definition) is 1. The van der Waals surface area contributed by atoms with Crippen molar-refractivity contribution in [1.82, 2.24) is 5.32 Å². The largest absolute Gasteiger partial charge is 0.347 e. The van der Waals surface area contributed by atoms with Crippen LogP contribution in [0, 0.1) is 17.0 Å². The van der Waals surface area contributed by atoms with Gasteiger partial charge in [0.15, 0.2) is 9.84 Å². The number of sulfone groups is 1. The van der Waals surface area contributed by atoms with Crippen LogP contribution in [0.25, 0.3) is 0 Å². The van der Waals surface area contributed by atoms with Crippen molar-refractivity contribution in [2.45, 2.75) is 18.3 Å². The number of rotatable bonds is 3. The second-order valence-electron chi connectivity index (χ2n) is 4.93. The summed E-state index contributed by atoms with van der Waals surface area (Å²) < 4.78 is 22.9. The van der Waals surface area contributed by atoms with Crippen LogP contribution in [0.2, 0.25) is 0 Å². The molecule has 1 heterocycles. The number of nitro benzene ring substituents is 1. The third-order valence-electron chi connectivity index (χ3n) is 3.28. The van der Waals surface area contributed by atoms with Crippen LogP contribution >= 0.6 is 11.6 Å². The van der Waals surface area contributed by atoms with Crippen molar-refractivity contribution in [2.75, 3.05) is 11.5 Å². The monoisotopic (exact) mass is 332 g/mol. The number of hydrogen-bond acceptors (Lipinski definition) is 5. The van der Waals surface area contributed by atoms with E-state index >= 15 is 0 Å². The average Bonchev–Trinajstić information content (AvgIpc) is 2.62. The lowest BCUT2D eigenvalue weighted by Gasteiger charge is -2.15. The second kappa shape index (κ2) is 5.61. The first-order chi connectivity index (χ1) is 9.69. The fourth-order valence-electron chi connectivity index (χ4n) is 2.15. The minimum absolute atomic E-state index is 0.136. The molecule has 2 atom stereocenters. The van der Waals surface area contributed by atoms with Gasteiger partial charge in [0.05, 0.1) is 27.8 Å². The Morgan fingerprint density at radius 2 is 2.10 bits per heavy atom. The molecule has 0 aliphatic carbocycles. The lowest BCUT2D eigenvalue weighted by Crippen LogP contribution is -2.40. The van der Waals surface area contributed by atoms with Crippen molar-refractivity contribution in [3.05, 3.63) is 39.4 Å². The van der Waals surface area contributed by atoms with Gasteiger partial charge in [-0.25, -0.2) is 8.42 Å². The fraction of sp³-hybridized carbons (Fsp3) is 0.417. The number of amides is 1. The van der Waals surface area contributed by atoms with Gasteiger partial charge in [-0.1, -0.05) is 6.07 Å². The van der Waals surface area contributed by atoms with Crippen LogP contribution in [0.1, 0.15) is 15.9 Å². The highest BCUT2D eigenvalue weighted by Crippen LogP contribution is 2.21. The standard InChI is InChI=1S/C12H13ClN2O5S/c1-7-2-3-8(15(17)18)4-9(7)12(16)14-11-6-21(19,20)5-10(11)13/h2-4,10-11H,5-6H2,1H3,(H,14,16). The molecule has 1 amide bonds. The molecule has 1 aromatic carbocycles. The predicted octanol–water partition coefficient (Wildman–Crippen LogP) is 1.04. The molecule has 1 fully saturated rings. The minimum Gasteiger partial charge on any atom is -0.347 e. The first kappa shape index (κ1) is 15.7. The summed E-state index contributed by atoms with van der Waals surface area (Å²) in [7, 11) is -3.26. The van der Waals surface area contributed by atoms with Crippen LogP contribution in [-0.2, 0) is 9.84 Å². The summed E-state index contributed by atoms with van der Waals surface area (Å²) in [5.41, 5.74) is 0.495. The van der Waals surface area contributed by atoms with Gasteiger partial charge in [0.25, 0.3) is 11.6 Å². The molecule has 1 saturated heterocycles. The van der Waals surface area contributed by atoms with Gasteiger partial charge in [-0.05, 0) is 12.5 Å². The normalized spacial score (nSPS) is 23.7. The Morgan fingerprint density at radius 1 is 1.43 bits per heavy atom. The number of benzene rings is 1. The van der Waals surface area contributed by atoms with Crippen LogP contribution in [0.15, 0.2) is 18.2 Å². The van der Waals surface area contributed by atoms with Gasteiger partial charge in [-0.15, -0.1) is 11.6 Å². The summed E-state index contributed by atoms with van der Waals surface area (Å²) in [6.45, 7) is 1.64. The van der Waals surface area contributed by atoms with Crippen LogP contribution in [0.3, 0.4) is 0 Å². The molecule has 0 aromatic heterocycles. The predicted molar refractivity (Wildman–Crippen MR) is 77.4 cm³/mol. The van der Waals surface area contributed by atoms with Gasteiger partial charge in [-0.3, -0.25) is 14.9 Å². The van der Waals surface area contributed by atoms with Crippen LogP contribution in [0.5, 0.6) is 0 Å². The Bertz CT molecular complexity index is 704. The van der Waals surface area contributed by atoms with E-state index in [0.717, 1.165) is 6.07 Å². The van der Waals surface area contributed by atoms with Gasteiger partial charge in [0.2, 0.25) is 0 Å². The quantitative estimate of drug-likeness (QED) is 0.505. The Morgan fingerprint density at radius 3 is 2.62 bits per heavy atom. The molecular formula is C12H13ClN2O5S. The molecule has 2 unspecified atom stereocenters. The molecule has 0 radical (unpaired) electrons. The molecule has 0 saturated carbocycles. The lowest BCUT2D eigenvalue weighted by molar-refractivity contribution is -0.384. The second-order valence-corrected chi connectivity index (χ2v) is 7.64. The molecule has 1 aliphatic rings. The van der Waals surface area contributed by atoms with E-state index in [-0.39, 0.29) is 22.8 Å². The number of aryl methyl sites for hydroxylation is 1. The van der Waals surface area contributed by atoms with Gasteiger partial charge in [0.1, 0.15) is 0 Å². The van der Waals surface area contributed by atoms with E-state index in [9.17, 15) is 23.3 Å². The topological polar surface area (TPSA) is 106 Å². The SMILES string of the molecule is Cc1ccc([N+](=O)[O-])cc1C(=O)NC1CS(=O)(=O)CC1Cl. The molecule has 1 aromatic rings. The highest BCUT2D eigenvalue weighted by Gasteiger charge is 2.37. The molecular weight excluding hydrogens is 320 g/mol. The van der Waals surface area contributed by atoms with Crippen molar-refractivity contribution in [2.24, 2.45) is 0 Å². The summed E-state index contributed by atoms with van der Waals surface area (Å²) in [6.07, 6.45) is 0. The van der Waals surface area contributed by atoms with Gasteiger partial charge in [-0.2, -0.15) is 0 Å². The maximum Gasteiger partial charge on any atom is 0.270 e. The molecule has 2 rings (SSSR count). The zero-order valence-corrected chi connectivity index (χ0v) is 12.6. The van der Waals surface area contributed by atoms with Crippen molar-refractivity contribution >= 4 is 33.0 Å². The third kappa shape index (κ3) is 3.51. The number of carbonyl (C=O) groups is 1. The molecule has 114 valence electrons. The van der Waals surface area contributed by atoms with E-state index in [0.29, 0.717) is 5.56 Å². The van der Waals surface area contributed by atoms with Gasteiger partial charge in [0, 0.05) is 17.7 Å². The number of halogens is 1. The summed E-state index contributed by atoms with van der Waals surface area (Å²) >= 11 is 5.91. The maximum atomic E-state index is 12.2. The average molecular weight is 333 g/mol. The number of non-ortho nitro benzene ring substituents is 1. The number of alkyl halides is 1. The zero-order valence-electron chi connectivity index (χ0n) is 11.1. The van der Waals surface area contributed by atoms with Crippen molar-refractivity contribution in [1.29, 1.82) is 0 Å². The summed E-state index contributed by atoms with van der Waals surface area (Å²) in [5, 5.41) is 12.6. The Kier molecular flexibility index (Phi) is 4.20. The molecule has 1 aliphatic heterocycles. The fourth-order valence-corrected chi connectivity index (χ4v) is 4.70. The summed E-state index contributed by atoms with van der Waals surface area (Å²) in [6, 6.07) is 3.24. The van der Waals surface area contributed by atoms with E-state index in [1.165, 1.54) is 12.1 Å². The molecule has 9 heteroatoms. The minimum atomic E-state index is -3.26. The molecule has 7 nitrogen and oxygen atoms in total. The van der Waals surface area contributed by atoms with Crippen molar-refractivity contribution in [3.8, 4) is 0 Å². The molecule has 0 bridgehead atoms. The van der Waals surface area contributed by atoms with E-state index < -0.39 is 32.1 Å². The number of nitrogens with zero attached hydrogens (tertiary/aromatic N) is 1. The molecule has 1 N–H and O–H groups in total. The number of carbonyl (C=O) groups excluding carboxylic acids is 1. The Balaban J connectivity index is 2.21. The van der Waals surface area contributed by atoms with E-state index in [1.54, 1.807) is 6.92 Å². The van der Waals surface area contributed by atoms with E-state index in [4.69, 9.17) is 11.6 Å². The first-order valence-corrected chi connectivity index (χ1v) is 8.36. The lowest BCUT2D eigenvalue weighted by atomic mass is 10.1. The number of nitro groups is 1. The molecule has 21 heavy (non-hydrogen) atoms. The van der Waals surface area contributed by atoms with Crippen LogP contribution in [0.4, 0.5) is 5.69 Å². The Hall–Kier alpha value is -1.67. The third-order valence-corrected chi connectivity index (χ3v) is 5.65. The van der Waals surface area contributed by atoms with Crippen LogP contribution < -0.4 is 5.32 Å². The first-order valence-electron chi connectivity index (χ1n) is 6.10. The summed E-state index contributed by atoms with van der Waals surface area (Å²) in [4.78, 5) is 22.3. The van der Waals surface area contributed by atoms with Gasteiger partial charge < -0.3 is 5.32 Å². The Labute approximate surface area is 126 Å². The van der Waals surface area contributed by atoms with Gasteiger partial charge >= 0.3 is 0 Å². The molecule has 0 spiro atoms. The zero-order chi connectivity index (χ0) is 15.8. The smallest absolute Gasteiger partial charge is 0.270 e. The van der Waals surface area contributed by atoms with E-state index in [1.807, 2.05) is 0 Å². The highest BCUT2D eigenvalue weighted by atomic mass is 35.5. The maximum absolute atomic E-state index is 12.2. The summed E-state index contributed by atoms with van der Waals surface area (Å²) in [5.74, 6) is -0.974. The van der Waals surface area contributed by atoms with E-state index in [2.05, 4.69) is 5.32 Å². The highest BCUT2D eigenvalue weighted by molar-refractivity contribution is 7.91.